The van der Waals surface area contributed by atoms with Crippen LogP contribution in [0.25, 0.3) is 6.08 Å². The third kappa shape index (κ3) is 2.98. The molecule has 0 aromatic heterocycles. The summed E-state index contributed by atoms with van der Waals surface area (Å²) in [4.78, 5) is 12.4. The number of carbonyl (C=O) groups excluding carboxylic acids is 1. The molecule has 5 heteroatoms. The first-order valence-electron chi connectivity index (χ1n) is 6.65. The van der Waals surface area contributed by atoms with Gasteiger partial charge in [0, 0.05) is 5.57 Å². The Morgan fingerprint density at radius 3 is 2.55 bits per heavy atom. The van der Waals surface area contributed by atoms with Crippen molar-refractivity contribution in [2.75, 3.05) is 6.61 Å². The van der Waals surface area contributed by atoms with Gasteiger partial charge in [0.15, 0.2) is 5.78 Å². The number of halogens is 2. The molecule has 0 bridgehead atoms. The molecule has 0 atom stereocenters. The molecule has 0 saturated heterocycles. The molecule has 1 heterocycles. The van der Waals surface area contributed by atoms with Crippen LogP contribution in [0.5, 0.6) is 11.5 Å². The van der Waals surface area contributed by atoms with Gasteiger partial charge in [-0.3, -0.25) is 4.79 Å². The highest BCUT2D eigenvalue weighted by Gasteiger charge is 2.22. The number of benzene rings is 2. The van der Waals surface area contributed by atoms with Gasteiger partial charge in [0.1, 0.15) is 18.1 Å². The summed E-state index contributed by atoms with van der Waals surface area (Å²) in [5.74, 6) is 0.564. The molecule has 0 amide bonds. The number of hydrogen-bond donors (Lipinski definition) is 0. The first-order valence-corrected chi connectivity index (χ1v) is 6.65. The van der Waals surface area contributed by atoms with Gasteiger partial charge in [0.25, 0.3) is 0 Å². The van der Waals surface area contributed by atoms with E-state index in [4.69, 9.17) is 4.74 Å². The number of alkyl halides is 2. The molecule has 0 spiro atoms. The van der Waals surface area contributed by atoms with E-state index >= 15 is 0 Å². The zero-order valence-corrected chi connectivity index (χ0v) is 11.5. The molecule has 1 aliphatic rings. The smallest absolute Gasteiger partial charge is 0.387 e. The summed E-state index contributed by atoms with van der Waals surface area (Å²) in [6.45, 7) is -2.67. The standard InChI is InChI=1S/C17H12F2O3/c18-17(19)22-13-7-5-11(6-8-13)9-12-10-21-15-4-2-1-3-14(15)16(12)20/h1-9,17H,10H2/b12-9-. The third-order valence-electron chi connectivity index (χ3n) is 3.25. The predicted molar refractivity (Wildman–Crippen MR) is 77.3 cm³/mol. The molecule has 0 fully saturated rings. The van der Waals surface area contributed by atoms with Gasteiger partial charge in [-0.15, -0.1) is 0 Å². The van der Waals surface area contributed by atoms with Crippen molar-refractivity contribution in [2.45, 2.75) is 6.61 Å². The summed E-state index contributed by atoms with van der Waals surface area (Å²) in [6.07, 6.45) is 1.68. The van der Waals surface area contributed by atoms with E-state index in [1.807, 2.05) is 6.07 Å². The molecule has 0 saturated carbocycles. The Bertz CT molecular complexity index is 721. The molecular formula is C17H12F2O3. The molecule has 1 aliphatic heterocycles. The van der Waals surface area contributed by atoms with Crippen LogP contribution in [0.3, 0.4) is 0 Å². The Balaban J connectivity index is 1.83. The van der Waals surface area contributed by atoms with Crippen LogP contribution in [-0.4, -0.2) is 19.0 Å². The number of carbonyl (C=O) groups is 1. The van der Waals surface area contributed by atoms with E-state index < -0.39 is 6.61 Å². The van der Waals surface area contributed by atoms with E-state index in [1.54, 1.807) is 36.4 Å². The van der Waals surface area contributed by atoms with E-state index in [9.17, 15) is 13.6 Å². The number of ether oxygens (including phenoxy) is 2. The van der Waals surface area contributed by atoms with Gasteiger partial charge in [0.05, 0.1) is 5.56 Å². The quantitative estimate of drug-likeness (QED) is 0.805. The maximum absolute atomic E-state index is 12.4. The molecule has 0 N–H and O–H groups in total. The van der Waals surface area contributed by atoms with Crippen LogP contribution in [0.1, 0.15) is 15.9 Å². The summed E-state index contributed by atoms with van der Waals surface area (Å²) >= 11 is 0. The van der Waals surface area contributed by atoms with Crippen LogP contribution in [0.2, 0.25) is 0 Å². The summed E-state index contributed by atoms with van der Waals surface area (Å²) in [5.41, 5.74) is 1.76. The fourth-order valence-corrected chi connectivity index (χ4v) is 2.23. The first kappa shape index (κ1) is 14.3. The van der Waals surface area contributed by atoms with Crippen LogP contribution in [0.4, 0.5) is 8.78 Å². The lowest BCUT2D eigenvalue weighted by molar-refractivity contribution is -0.0498. The fraction of sp³-hybridized carbons (Fsp3) is 0.118. The minimum Gasteiger partial charge on any atom is -0.488 e. The number of ketones is 1. The van der Waals surface area contributed by atoms with Crippen molar-refractivity contribution in [3.8, 4) is 11.5 Å². The van der Waals surface area contributed by atoms with Gasteiger partial charge in [-0.2, -0.15) is 8.78 Å². The van der Waals surface area contributed by atoms with Gasteiger partial charge >= 0.3 is 6.61 Å². The number of para-hydroxylation sites is 1. The molecule has 112 valence electrons. The maximum Gasteiger partial charge on any atom is 0.387 e. The van der Waals surface area contributed by atoms with Crippen molar-refractivity contribution in [1.82, 2.24) is 0 Å². The lowest BCUT2D eigenvalue weighted by atomic mass is 9.98. The average Bonchev–Trinajstić information content (AvgIpc) is 2.52. The molecule has 3 nitrogen and oxygen atoms in total. The molecule has 0 unspecified atom stereocenters. The fourth-order valence-electron chi connectivity index (χ4n) is 2.23. The van der Waals surface area contributed by atoms with Crippen LogP contribution in [0, 0.1) is 0 Å². The Kier molecular flexibility index (Phi) is 3.87. The van der Waals surface area contributed by atoms with Crippen molar-refractivity contribution in [3.63, 3.8) is 0 Å². The molecule has 0 radical (unpaired) electrons. The summed E-state index contributed by atoms with van der Waals surface area (Å²) < 4.78 is 34.0. The average molecular weight is 302 g/mol. The van der Waals surface area contributed by atoms with Crippen LogP contribution < -0.4 is 9.47 Å². The lowest BCUT2D eigenvalue weighted by Gasteiger charge is -2.18. The monoisotopic (exact) mass is 302 g/mol. The molecule has 2 aromatic rings. The summed E-state index contributed by atoms with van der Waals surface area (Å²) in [7, 11) is 0. The zero-order chi connectivity index (χ0) is 15.5. The molecule has 0 aliphatic carbocycles. The van der Waals surface area contributed by atoms with Crippen molar-refractivity contribution < 1.29 is 23.0 Å². The van der Waals surface area contributed by atoms with Crippen molar-refractivity contribution >= 4 is 11.9 Å². The molecule has 22 heavy (non-hydrogen) atoms. The van der Waals surface area contributed by atoms with E-state index in [-0.39, 0.29) is 18.1 Å². The second-order valence-corrected chi connectivity index (χ2v) is 4.73. The third-order valence-corrected chi connectivity index (χ3v) is 3.25. The van der Waals surface area contributed by atoms with E-state index in [1.165, 1.54) is 12.1 Å². The van der Waals surface area contributed by atoms with Gasteiger partial charge in [-0.1, -0.05) is 24.3 Å². The Morgan fingerprint density at radius 1 is 1.09 bits per heavy atom. The van der Waals surface area contributed by atoms with E-state index in [2.05, 4.69) is 4.74 Å². The number of rotatable bonds is 3. The topological polar surface area (TPSA) is 35.5 Å². The highest BCUT2D eigenvalue weighted by Crippen LogP contribution is 2.27. The van der Waals surface area contributed by atoms with Crippen LogP contribution in [0.15, 0.2) is 54.1 Å². The van der Waals surface area contributed by atoms with Crippen molar-refractivity contribution in [3.05, 3.63) is 65.2 Å². The SMILES string of the molecule is O=C1/C(=C\c2ccc(OC(F)F)cc2)COc2ccccc21. The normalized spacial score (nSPS) is 15.6. The highest BCUT2D eigenvalue weighted by molar-refractivity contribution is 6.14. The molecular weight excluding hydrogens is 290 g/mol. The molecule has 3 rings (SSSR count). The van der Waals surface area contributed by atoms with Gasteiger partial charge in [-0.25, -0.2) is 0 Å². The zero-order valence-electron chi connectivity index (χ0n) is 11.5. The summed E-state index contributed by atoms with van der Waals surface area (Å²) in [5, 5.41) is 0. The first-order chi connectivity index (χ1) is 10.6. The number of Topliss-reactive ketones (excluding diaryl/α,β-unsaturated/α-hetero) is 1. The number of fused-ring (bicyclic) bond motifs is 1. The van der Waals surface area contributed by atoms with Crippen molar-refractivity contribution in [1.29, 1.82) is 0 Å². The number of hydrogen-bond acceptors (Lipinski definition) is 3. The predicted octanol–water partition coefficient (Wildman–Crippen LogP) is 3.95. The maximum atomic E-state index is 12.4. The second kappa shape index (κ2) is 5.97. The lowest BCUT2D eigenvalue weighted by Crippen LogP contribution is -2.18. The Morgan fingerprint density at radius 2 is 1.82 bits per heavy atom. The summed E-state index contributed by atoms with van der Waals surface area (Å²) in [6, 6.07) is 13.1. The van der Waals surface area contributed by atoms with Crippen LogP contribution in [-0.2, 0) is 0 Å². The molecule has 2 aromatic carbocycles. The van der Waals surface area contributed by atoms with E-state index in [0.717, 1.165) is 0 Å². The highest BCUT2D eigenvalue weighted by atomic mass is 19.3. The Labute approximate surface area is 125 Å². The Hall–Kier alpha value is -2.69. The van der Waals surface area contributed by atoms with Crippen molar-refractivity contribution in [2.24, 2.45) is 0 Å². The largest absolute Gasteiger partial charge is 0.488 e. The minimum atomic E-state index is -2.85. The van der Waals surface area contributed by atoms with Gasteiger partial charge < -0.3 is 9.47 Å². The van der Waals surface area contributed by atoms with E-state index in [0.29, 0.717) is 22.4 Å². The van der Waals surface area contributed by atoms with Gasteiger partial charge in [-0.05, 0) is 35.9 Å². The van der Waals surface area contributed by atoms with Crippen LogP contribution >= 0.6 is 0 Å². The minimum absolute atomic E-state index is 0.0775. The second-order valence-electron chi connectivity index (χ2n) is 4.73. The van der Waals surface area contributed by atoms with Gasteiger partial charge in [0.2, 0.25) is 0 Å².